The monoisotopic (exact) mass is 338 g/mol. The largest absolute Gasteiger partial charge is 0.478 e. The first-order valence-corrected chi connectivity index (χ1v) is 7.69. The number of aryl methyl sites for hydroxylation is 1. The molecule has 0 saturated heterocycles. The molecule has 0 bridgehead atoms. The maximum Gasteiger partial charge on any atom is 0.335 e. The summed E-state index contributed by atoms with van der Waals surface area (Å²) < 4.78 is 1.92. The lowest BCUT2D eigenvalue weighted by Gasteiger charge is -2.16. The van der Waals surface area contributed by atoms with Crippen molar-refractivity contribution in [3.05, 3.63) is 65.6 Å². The van der Waals surface area contributed by atoms with Crippen LogP contribution in [-0.2, 0) is 13.6 Å². The lowest BCUT2D eigenvalue weighted by atomic mass is 10.1. The number of aromatic nitrogens is 3. The summed E-state index contributed by atoms with van der Waals surface area (Å²) in [6.45, 7) is 0.373. The van der Waals surface area contributed by atoms with E-state index in [4.69, 9.17) is 5.11 Å². The van der Waals surface area contributed by atoms with Crippen molar-refractivity contribution in [2.75, 3.05) is 7.05 Å². The van der Waals surface area contributed by atoms with E-state index in [0.29, 0.717) is 17.9 Å². The number of carboxylic acid groups (broad SMARTS) is 1. The number of nitrogens with one attached hydrogen (secondary N) is 1. The number of carbonyl (C=O) groups excluding carboxylic acids is 1. The van der Waals surface area contributed by atoms with Gasteiger partial charge in [0.2, 0.25) is 0 Å². The van der Waals surface area contributed by atoms with Crippen molar-refractivity contribution in [3.8, 4) is 11.3 Å². The molecule has 25 heavy (non-hydrogen) atoms. The Hall–Kier alpha value is -3.35. The van der Waals surface area contributed by atoms with E-state index < -0.39 is 5.97 Å². The van der Waals surface area contributed by atoms with E-state index >= 15 is 0 Å². The van der Waals surface area contributed by atoms with Gasteiger partial charge in [-0.1, -0.05) is 12.1 Å². The number of aromatic amines is 1. The molecule has 0 aliphatic rings. The van der Waals surface area contributed by atoms with Gasteiger partial charge in [0.1, 0.15) is 5.69 Å². The average Bonchev–Trinajstić information content (AvgIpc) is 3.23. The molecule has 2 aromatic heterocycles. The third-order valence-corrected chi connectivity index (χ3v) is 3.90. The maximum atomic E-state index is 12.5. The smallest absolute Gasteiger partial charge is 0.335 e. The molecular weight excluding hydrogens is 320 g/mol. The Morgan fingerprint density at radius 1 is 1.24 bits per heavy atom. The molecule has 1 aromatic carbocycles. The minimum Gasteiger partial charge on any atom is -0.478 e. The molecule has 0 spiro atoms. The highest BCUT2D eigenvalue weighted by Gasteiger charge is 2.16. The number of nitrogens with zero attached hydrogens (tertiary/aromatic N) is 3. The second-order valence-corrected chi connectivity index (χ2v) is 5.90. The summed E-state index contributed by atoms with van der Waals surface area (Å²) in [5.74, 6) is -1.15. The predicted octanol–water partition coefficient (Wildman–Crippen LogP) is 2.39. The molecule has 0 radical (unpaired) electrons. The first-order chi connectivity index (χ1) is 11.9. The highest BCUT2D eigenvalue weighted by molar-refractivity contribution is 5.93. The molecule has 128 valence electrons. The van der Waals surface area contributed by atoms with E-state index in [2.05, 4.69) is 10.2 Å². The summed E-state index contributed by atoms with van der Waals surface area (Å²) >= 11 is 0. The second-order valence-electron chi connectivity index (χ2n) is 5.90. The van der Waals surface area contributed by atoms with E-state index in [1.54, 1.807) is 30.1 Å². The summed E-state index contributed by atoms with van der Waals surface area (Å²) in [4.78, 5) is 25.0. The Bertz CT molecular complexity index is 909. The van der Waals surface area contributed by atoms with Crippen molar-refractivity contribution in [1.29, 1.82) is 0 Å². The molecule has 0 aliphatic carbocycles. The van der Waals surface area contributed by atoms with Crippen molar-refractivity contribution in [2.45, 2.75) is 6.54 Å². The van der Waals surface area contributed by atoms with Gasteiger partial charge in [-0.25, -0.2) is 4.79 Å². The van der Waals surface area contributed by atoms with E-state index in [9.17, 15) is 9.59 Å². The molecule has 2 heterocycles. The van der Waals surface area contributed by atoms with Gasteiger partial charge < -0.3 is 14.6 Å². The fraction of sp³-hybridized carbons (Fsp3) is 0.167. The molecule has 7 heteroatoms. The Balaban J connectivity index is 1.70. The SMILES string of the molecule is CN(Cc1ccc(C(=O)O)cc1)C(=O)c1cc(-c2ccn(C)c2)n[nH]1. The first-order valence-electron chi connectivity index (χ1n) is 7.69. The third-order valence-electron chi connectivity index (χ3n) is 3.90. The fourth-order valence-corrected chi connectivity index (χ4v) is 2.54. The van der Waals surface area contributed by atoms with Crippen molar-refractivity contribution < 1.29 is 14.7 Å². The Kier molecular flexibility index (Phi) is 4.38. The number of H-pyrrole nitrogens is 1. The van der Waals surface area contributed by atoms with Gasteiger partial charge in [-0.3, -0.25) is 9.89 Å². The normalized spacial score (nSPS) is 10.6. The minimum absolute atomic E-state index is 0.183. The van der Waals surface area contributed by atoms with E-state index in [1.807, 2.05) is 30.1 Å². The molecule has 2 N–H and O–H groups in total. The molecule has 0 unspecified atom stereocenters. The number of carbonyl (C=O) groups is 2. The molecule has 3 aromatic rings. The van der Waals surface area contributed by atoms with Crippen LogP contribution in [0.15, 0.2) is 48.8 Å². The Labute approximate surface area is 144 Å². The molecule has 0 fully saturated rings. The Morgan fingerprint density at radius 3 is 2.56 bits per heavy atom. The van der Waals surface area contributed by atoms with Gasteiger partial charge in [0.25, 0.3) is 5.91 Å². The van der Waals surface area contributed by atoms with Crippen LogP contribution in [0.25, 0.3) is 11.3 Å². The van der Waals surface area contributed by atoms with E-state index in [0.717, 1.165) is 11.1 Å². The van der Waals surface area contributed by atoms with Crippen molar-refractivity contribution in [3.63, 3.8) is 0 Å². The van der Waals surface area contributed by atoms with Crippen molar-refractivity contribution in [1.82, 2.24) is 19.7 Å². The van der Waals surface area contributed by atoms with Crippen LogP contribution in [0.3, 0.4) is 0 Å². The topological polar surface area (TPSA) is 91.2 Å². The zero-order valence-corrected chi connectivity index (χ0v) is 13.9. The molecule has 0 aliphatic heterocycles. The molecule has 7 nitrogen and oxygen atoms in total. The summed E-state index contributed by atoms with van der Waals surface area (Å²) in [5, 5.41) is 15.9. The third kappa shape index (κ3) is 3.60. The number of rotatable bonds is 5. The zero-order chi connectivity index (χ0) is 18.0. The molecule has 0 saturated carbocycles. The van der Waals surface area contributed by atoms with Gasteiger partial charge in [0.15, 0.2) is 0 Å². The number of amides is 1. The van der Waals surface area contributed by atoms with Crippen molar-refractivity contribution >= 4 is 11.9 Å². The van der Waals surface area contributed by atoms with Crippen LogP contribution < -0.4 is 0 Å². The fourth-order valence-electron chi connectivity index (χ4n) is 2.54. The molecule has 1 amide bonds. The van der Waals surface area contributed by atoms with Crippen LogP contribution in [0.4, 0.5) is 0 Å². The summed E-state index contributed by atoms with van der Waals surface area (Å²) in [7, 11) is 3.61. The average molecular weight is 338 g/mol. The lowest BCUT2D eigenvalue weighted by molar-refractivity contribution is 0.0695. The number of carboxylic acids is 1. The second kappa shape index (κ2) is 6.64. The molecule has 0 atom stereocenters. The van der Waals surface area contributed by atoms with Gasteiger partial charge in [-0.15, -0.1) is 0 Å². The molecule has 3 rings (SSSR count). The maximum absolute atomic E-state index is 12.5. The van der Waals surface area contributed by atoms with Crippen LogP contribution >= 0.6 is 0 Å². The predicted molar refractivity (Wildman–Crippen MR) is 92.2 cm³/mol. The molecular formula is C18H18N4O3. The van der Waals surface area contributed by atoms with Gasteiger partial charge >= 0.3 is 5.97 Å². The van der Waals surface area contributed by atoms with Gasteiger partial charge in [0.05, 0.1) is 11.3 Å². The highest BCUT2D eigenvalue weighted by atomic mass is 16.4. The summed E-state index contributed by atoms with van der Waals surface area (Å²) in [5.41, 5.74) is 3.12. The van der Waals surface area contributed by atoms with E-state index in [-0.39, 0.29) is 11.5 Å². The number of aromatic carboxylic acids is 1. The number of hydrogen-bond donors (Lipinski definition) is 2. The lowest BCUT2D eigenvalue weighted by Crippen LogP contribution is -2.26. The standard InChI is InChI=1S/C18H18N4O3/c1-21-8-7-14(11-21)15-9-16(20-19-15)17(23)22(2)10-12-3-5-13(6-4-12)18(24)25/h3-9,11H,10H2,1-2H3,(H,19,20)(H,24,25). The van der Waals surface area contributed by atoms with Crippen LogP contribution in [0.2, 0.25) is 0 Å². The van der Waals surface area contributed by atoms with Crippen LogP contribution in [-0.4, -0.2) is 43.7 Å². The van der Waals surface area contributed by atoms with Crippen LogP contribution in [0.5, 0.6) is 0 Å². The van der Waals surface area contributed by atoms with Gasteiger partial charge in [-0.2, -0.15) is 5.10 Å². The quantitative estimate of drug-likeness (QED) is 0.747. The number of benzene rings is 1. The highest BCUT2D eigenvalue weighted by Crippen LogP contribution is 2.18. The van der Waals surface area contributed by atoms with Gasteiger partial charge in [-0.05, 0) is 29.8 Å². The van der Waals surface area contributed by atoms with Crippen LogP contribution in [0, 0.1) is 0 Å². The summed E-state index contributed by atoms with van der Waals surface area (Å²) in [6.07, 6.45) is 3.84. The van der Waals surface area contributed by atoms with Gasteiger partial charge in [0, 0.05) is 38.6 Å². The zero-order valence-electron chi connectivity index (χ0n) is 13.9. The summed E-state index contributed by atoms with van der Waals surface area (Å²) in [6, 6.07) is 10.1. The van der Waals surface area contributed by atoms with Crippen LogP contribution in [0.1, 0.15) is 26.4 Å². The number of hydrogen-bond acceptors (Lipinski definition) is 3. The first kappa shape index (κ1) is 16.5. The van der Waals surface area contributed by atoms with Crippen molar-refractivity contribution in [2.24, 2.45) is 7.05 Å². The Morgan fingerprint density at radius 2 is 1.96 bits per heavy atom. The van der Waals surface area contributed by atoms with E-state index in [1.165, 1.54) is 12.1 Å². The minimum atomic E-state index is -0.970.